The largest absolute Gasteiger partial charge is 0.496 e. The highest BCUT2D eigenvalue weighted by molar-refractivity contribution is 6.64. The SMILES string of the molecule is CC(C)(C)C(=O)Nc1ccc(CCc2ccccc2)cc1B1OC(C)(C)C(C)(C)O1. The first kappa shape index (κ1) is 22.6. The second-order valence-electron chi connectivity index (χ2n) is 10.2. The number of rotatable bonds is 5. The molecule has 0 radical (unpaired) electrons. The molecule has 5 heteroatoms. The van der Waals surface area contributed by atoms with Gasteiger partial charge >= 0.3 is 7.12 Å². The van der Waals surface area contributed by atoms with Gasteiger partial charge in [0.1, 0.15) is 0 Å². The zero-order valence-corrected chi connectivity index (χ0v) is 19.3. The molecule has 1 saturated heterocycles. The van der Waals surface area contributed by atoms with Gasteiger partial charge in [-0.3, -0.25) is 4.79 Å². The minimum Gasteiger partial charge on any atom is -0.399 e. The summed E-state index contributed by atoms with van der Waals surface area (Å²) in [5.74, 6) is -0.0303. The van der Waals surface area contributed by atoms with Gasteiger partial charge in [0.25, 0.3) is 0 Å². The second-order valence-corrected chi connectivity index (χ2v) is 10.2. The molecule has 0 spiro atoms. The van der Waals surface area contributed by atoms with Gasteiger partial charge in [-0.2, -0.15) is 0 Å². The molecule has 1 N–H and O–H groups in total. The number of hydrogen-bond acceptors (Lipinski definition) is 3. The van der Waals surface area contributed by atoms with E-state index in [-0.39, 0.29) is 5.91 Å². The van der Waals surface area contributed by atoms with Crippen LogP contribution in [-0.2, 0) is 26.9 Å². The van der Waals surface area contributed by atoms with Gasteiger partial charge in [-0.25, -0.2) is 0 Å². The van der Waals surface area contributed by atoms with E-state index in [2.05, 4.69) is 41.7 Å². The van der Waals surface area contributed by atoms with Crippen molar-refractivity contribution in [3.8, 4) is 0 Å². The van der Waals surface area contributed by atoms with Crippen LogP contribution >= 0.6 is 0 Å². The van der Waals surface area contributed by atoms with Crippen LogP contribution in [-0.4, -0.2) is 24.2 Å². The summed E-state index contributed by atoms with van der Waals surface area (Å²) in [6.07, 6.45) is 1.86. The maximum Gasteiger partial charge on any atom is 0.496 e. The van der Waals surface area contributed by atoms with E-state index in [0.29, 0.717) is 0 Å². The van der Waals surface area contributed by atoms with E-state index in [1.54, 1.807) is 0 Å². The molecule has 4 nitrogen and oxygen atoms in total. The van der Waals surface area contributed by atoms with E-state index in [9.17, 15) is 4.79 Å². The summed E-state index contributed by atoms with van der Waals surface area (Å²) in [6.45, 7) is 13.9. The number of nitrogens with one attached hydrogen (secondary N) is 1. The number of amides is 1. The van der Waals surface area contributed by atoms with E-state index in [0.717, 1.165) is 24.0 Å². The Morgan fingerprint density at radius 2 is 1.47 bits per heavy atom. The lowest BCUT2D eigenvalue weighted by Gasteiger charge is -2.32. The molecule has 2 aromatic rings. The third-order valence-electron chi connectivity index (χ3n) is 6.10. The molecule has 1 heterocycles. The molecule has 1 aliphatic heterocycles. The van der Waals surface area contributed by atoms with E-state index < -0.39 is 23.7 Å². The maximum atomic E-state index is 12.7. The highest BCUT2D eigenvalue weighted by atomic mass is 16.7. The number of aryl methyl sites for hydroxylation is 2. The van der Waals surface area contributed by atoms with Gasteiger partial charge in [0.2, 0.25) is 5.91 Å². The molecule has 3 rings (SSSR count). The van der Waals surface area contributed by atoms with Gasteiger partial charge in [0, 0.05) is 16.6 Å². The Morgan fingerprint density at radius 1 is 0.900 bits per heavy atom. The van der Waals surface area contributed by atoms with Gasteiger partial charge in [0.05, 0.1) is 11.2 Å². The van der Waals surface area contributed by atoms with Crippen molar-refractivity contribution in [2.75, 3.05) is 5.32 Å². The average molecular weight is 407 g/mol. The fourth-order valence-electron chi connectivity index (χ4n) is 3.29. The number of anilines is 1. The Balaban J connectivity index is 1.90. The highest BCUT2D eigenvalue weighted by Gasteiger charge is 2.52. The predicted octanol–water partition coefficient (Wildman–Crippen LogP) is 4.76. The van der Waals surface area contributed by atoms with Crippen molar-refractivity contribution >= 4 is 24.2 Å². The van der Waals surface area contributed by atoms with E-state index >= 15 is 0 Å². The lowest BCUT2D eigenvalue weighted by molar-refractivity contribution is -0.123. The molecule has 0 bridgehead atoms. The van der Waals surface area contributed by atoms with Crippen LogP contribution in [0.4, 0.5) is 5.69 Å². The van der Waals surface area contributed by atoms with Crippen molar-refractivity contribution in [1.29, 1.82) is 0 Å². The molecular formula is C25H34BNO3. The lowest BCUT2D eigenvalue weighted by atomic mass is 9.76. The first-order valence-corrected chi connectivity index (χ1v) is 10.7. The van der Waals surface area contributed by atoms with E-state index in [4.69, 9.17) is 9.31 Å². The summed E-state index contributed by atoms with van der Waals surface area (Å²) in [6, 6.07) is 16.6. The summed E-state index contributed by atoms with van der Waals surface area (Å²) in [4.78, 5) is 12.7. The average Bonchev–Trinajstić information content (AvgIpc) is 2.88. The van der Waals surface area contributed by atoms with Crippen molar-refractivity contribution in [3.63, 3.8) is 0 Å². The van der Waals surface area contributed by atoms with Crippen LogP contribution in [0.15, 0.2) is 48.5 Å². The monoisotopic (exact) mass is 407 g/mol. The Morgan fingerprint density at radius 3 is 2.03 bits per heavy atom. The number of carbonyl (C=O) groups excluding carboxylic acids is 1. The molecule has 160 valence electrons. The normalized spacial score (nSPS) is 17.8. The molecule has 30 heavy (non-hydrogen) atoms. The smallest absolute Gasteiger partial charge is 0.399 e. The van der Waals surface area contributed by atoms with Crippen LogP contribution in [0.2, 0.25) is 0 Å². The van der Waals surface area contributed by atoms with Gasteiger partial charge in [0.15, 0.2) is 0 Å². The van der Waals surface area contributed by atoms with Gasteiger partial charge in [-0.15, -0.1) is 0 Å². The minimum absolute atomic E-state index is 0.0303. The van der Waals surface area contributed by atoms with Crippen molar-refractivity contribution in [3.05, 3.63) is 59.7 Å². The Hall–Kier alpha value is -2.11. The molecular weight excluding hydrogens is 373 g/mol. The fourth-order valence-corrected chi connectivity index (χ4v) is 3.29. The van der Waals surface area contributed by atoms with Crippen LogP contribution in [0, 0.1) is 5.41 Å². The number of carbonyl (C=O) groups is 1. The van der Waals surface area contributed by atoms with Gasteiger partial charge in [-0.1, -0.05) is 63.2 Å². The number of hydrogen-bond donors (Lipinski definition) is 1. The van der Waals surface area contributed by atoms with Gasteiger partial charge < -0.3 is 14.6 Å². The van der Waals surface area contributed by atoms with Crippen LogP contribution in [0.3, 0.4) is 0 Å². The molecule has 0 atom stereocenters. The van der Waals surface area contributed by atoms with Crippen LogP contribution in [0.25, 0.3) is 0 Å². The Bertz CT molecular complexity index is 884. The highest BCUT2D eigenvalue weighted by Crippen LogP contribution is 2.37. The standard InChI is InChI=1S/C25H34BNO3/c1-23(2,3)22(28)27-21-16-15-19(14-13-18-11-9-8-10-12-18)17-20(21)26-29-24(4,5)25(6,7)30-26/h8-12,15-17H,13-14H2,1-7H3,(H,27,28). The topological polar surface area (TPSA) is 47.6 Å². The van der Waals surface area contributed by atoms with E-state index in [1.807, 2.05) is 60.6 Å². The molecule has 0 aromatic heterocycles. The van der Waals surface area contributed by atoms with Crippen molar-refractivity contribution in [2.24, 2.45) is 5.41 Å². The third-order valence-corrected chi connectivity index (χ3v) is 6.10. The molecule has 0 unspecified atom stereocenters. The molecule has 1 amide bonds. The van der Waals surface area contributed by atoms with Crippen molar-refractivity contribution < 1.29 is 14.1 Å². The molecule has 1 aliphatic rings. The summed E-state index contributed by atoms with van der Waals surface area (Å²) in [5, 5.41) is 3.08. The van der Waals surface area contributed by atoms with Crippen molar-refractivity contribution in [1.82, 2.24) is 0 Å². The third kappa shape index (κ3) is 4.96. The summed E-state index contributed by atoms with van der Waals surface area (Å²) in [7, 11) is -0.526. The van der Waals surface area contributed by atoms with Crippen LogP contribution in [0.1, 0.15) is 59.6 Å². The Labute approximate surface area is 181 Å². The predicted molar refractivity (Wildman–Crippen MR) is 124 cm³/mol. The lowest BCUT2D eigenvalue weighted by Crippen LogP contribution is -2.41. The van der Waals surface area contributed by atoms with Gasteiger partial charge in [-0.05, 0) is 57.7 Å². The second kappa shape index (κ2) is 8.20. The number of benzene rings is 2. The summed E-state index contributed by atoms with van der Waals surface area (Å²) < 4.78 is 12.6. The zero-order chi connectivity index (χ0) is 22.2. The minimum atomic E-state index is -0.526. The summed E-state index contributed by atoms with van der Waals surface area (Å²) >= 11 is 0. The van der Waals surface area contributed by atoms with Crippen LogP contribution in [0.5, 0.6) is 0 Å². The van der Waals surface area contributed by atoms with E-state index in [1.165, 1.54) is 11.1 Å². The fraction of sp³-hybridized carbons (Fsp3) is 0.480. The summed E-state index contributed by atoms with van der Waals surface area (Å²) in [5.41, 5.74) is 2.75. The molecule has 0 saturated carbocycles. The first-order valence-electron chi connectivity index (χ1n) is 10.7. The zero-order valence-electron chi connectivity index (χ0n) is 19.3. The maximum absolute atomic E-state index is 12.7. The molecule has 0 aliphatic carbocycles. The quantitative estimate of drug-likeness (QED) is 0.728. The van der Waals surface area contributed by atoms with Crippen LogP contribution < -0.4 is 10.8 Å². The molecule has 1 fully saturated rings. The molecule has 2 aromatic carbocycles. The van der Waals surface area contributed by atoms with Crippen molar-refractivity contribution in [2.45, 2.75) is 72.5 Å². The first-order chi connectivity index (χ1) is 13.9. The Kier molecular flexibility index (Phi) is 6.17.